The molecule has 1 aliphatic heterocycles. The first kappa shape index (κ1) is 14.9. The second-order valence-electron chi connectivity index (χ2n) is 4.92. The molecule has 1 heterocycles. The van der Waals surface area contributed by atoms with Crippen LogP contribution >= 0.6 is 11.8 Å². The summed E-state index contributed by atoms with van der Waals surface area (Å²) < 4.78 is 0. The van der Waals surface area contributed by atoms with Crippen LogP contribution in [0.3, 0.4) is 0 Å². The van der Waals surface area contributed by atoms with E-state index in [-0.39, 0.29) is 28.8 Å². The summed E-state index contributed by atoms with van der Waals surface area (Å²) in [5, 5.41) is 2.76. The van der Waals surface area contributed by atoms with Gasteiger partial charge in [-0.05, 0) is 13.3 Å². The van der Waals surface area contributed by atoms with E-state index in [9.17, 15) is 9.59 Å². The van der Waals surface area contributed by atoms with Gasteiger partial charge in [-0.25, -0.2) is 0 Å². The minimum atomic E-state index is -0.208. The van der Waals surface area contributed by atoms with E-state index in [1.165, 1.54) is 0 Å². The molecular formula is C16H19NO2S. The molecule has 0 bridgehead atoms. The van der Waals surface area contributed by atoms with Gasteiger partial charge in [0, 0.05) is 28.7 Å². The first-order chi connectivity index (χ1) is 9.58. The molecule has 3 nitrogen and oxygen atoms in total. The van der Waals surface area contributed by atoms with Gasteiger partial charge in [-0.3, -0.25) is 9.59 Å². The van der Waals surface area contributed by atoms with Crippen LogP contribution in [0.25, 0.3) is 0 Å². The molecule has 106 valence electrons. The van der Waals surface area contributed by atoms with E-state index in [0.717, 1.165) is 4.91 Å². The van der Waals surface area contributed by atoms with Crippen LogP contribution < -0.4 is 5.32 Å². The molecule has 3 unspecified atom stereocenters. The number of thioether (sulfide) groups is 1. The van der Waals surface area contributed by atoms with Crippen molar-refractivity contribution in [2.24, 2.45) is 11.8 Å². The van der Waals surface area contributed by atoms with Gasteiger partial charge in [0.15, 0.2) is 5.78 Å². The summed E-state index contributed by atoms with van der Waals surface area (Å²) in [7, 11) is 1.62. The lowest BCUT2D eigenvalue weighted by Gasteiger charge is -2.35. The molecule has 1 aliphatic carbocycles. The number of amides is 1. The maximum Gasteiger partial charge on any atom is 0.226 e. The van der Waals surface area contributed by atoms with Crippen LogP contribution in [-0.4, -0.2) is 24.0 Å². The summed E-state index contributed by atoms with van der Waals surface area (Å²) >= 11 is 1.62. The van der Waals surface area contributed by atoms with Crippen LogP contribution in [0.2, 0.25) is 0 Å². The monoisotopic (exact) mass is 289 g/mol. The molecule has 2 rings (SSSR count). The predicted octanol–water partition coefficient (Wildman–Crippen LogP) is 2.63. The van der Waals surface area contributed by atoms with E-state index in [4.69, 9.17) is 0 Å². The van der Waals surface area contributed by atoms with E-state index in [2.05, 4.69) is 11.9 Å². The van der Waals surface area contributed by atoms with Gasteiger partial charge < -0.3 is 5.32 Å². The van der Waals surface area contributed by atoms with Crippen molar-refractivity contribution in [1.29, 1.82) is 0 Å². The van der Waals surface area contributed by atoms with E-state index in [0.29, 0.717) is 12.0 Å². The Balaban J connectivity index is 2.25. The van der Waals surface area contributed by atoms with Crippen LogP contribution in [0, 0.1) is 11.8 Å². The molecule has 4 heteroatoms. The van der Waals surface area contributed by atoms with Crippen molar-refractivity contribution in [3.05, 3.63) is 47.4 Å². The summed E-state index contributed by atoms with van der Waals surface area (Å²) in [4.78, 5) is 25.1. The lowest BCUT2D eigenvalue weighted by Crippen LogP contribution is -2.38. The third-order valence-corrected chi connectivity index (χ3v) is 4.92. The molecule has 1 N–H and O–H groups in total. The van der Waals surface area contributed by atoms with E-state index < -0.39 is 0 Å². The average Bonchev–Trinajstić information content (AvgIpc) is 2.46. The Kier molecular flexibility index (Phi) is 4.65. The normalized spacial score (nSPS) is 31.7. The van der Waals surface area contributed by atoms with Crippen LogP contribution in [0.4, 0.5) is 0 Å². The highest BCUT2D eigenvalue weighted by atomic mass is 32.2. The number of rotatable bonds is 2. The van der Waals surface area contributed by atoms with Gasteiger partial charge >= 0.3 is 0 Å². The number of carbonyl (C=O) groups excluding carboxylic acids is 2. The molecule has 3 atom stereocenters. The molecule has 0 aromatic carbocycles. The lowest BCUT2D eigenvalue weighted by atomic mass is 9.80. The first-order valence-electron chi connectivity index (χ1n) is 6.71. The maximum atomic E-state index is 12.6. The molecule has 0 saturated carbocycles. The Labute approximate surface area is 123 Å². The largest absolute Gasteiger partial charge is 0.359 e. The second kappa shape index (κ2) is 6.27. The highest BCUT2D eigenvalue weighted by molar-refractivity contribution is 8.04. The fourth-order valence-corrected chi connectivity index (χ4v) is 3.75. The Bertz CT molecular complexity index is 531. The van der Waals surface area contributed by atoms with Gasteiger partial charge in [-0.1, -0.05) is 37.0 Å². The Morgan fingerprint density at radius 2 is 2.25 bits per heavy atom. The molecule has 1 amide bonds. The van der Waals surface area contributed by atoms with Crippen molar-refractivity contribution < 1.29 is 9.59 Å². The van der Waals surface area contributed by atoms with Gasteiger partial charge in [0.1, 0.15) is 0 Å². The van der Waals surface area contributed by atoms with E-state index >= 15 is 0 Å². The fraction of sp³-hybridized carbons (Fsp3) is 0.375. The number of hydrogen-bond donors (Lipinski definition) is 1. The van der Waals surface area contributed by atoms with Crippen LogP contribution in [0.1, 0.15) is 13.3 Å². The van der Waals surface area contributed by atoms with Crippen LogP contribution in [0.15, 0.2) is 47.4 Å². The van der Waals surface area contributed by atoms with Gasteiger partial charge in [0.25, 0.3) is 0 Å². The average molecular weight is 289 g/mol. The quantitative estimate of drug-likeness (QED) is 0.628. The van der Waals surface area contributed by atoms with E-state index in [1.54, 1.807) is 18.8 Å². The van der Waals surface area contributed by atoms with Crippen LogP contribution in [0.5, 0.6) is 0 Å². The second-order valence-corrected chi connectivity index (χ2v) is 6.20. The van der Waals surface area contributed by atoms with Crippen molar-refractivity contribution in [3.63, 3.8) is 0 Å². The Hall–Kier alpha value is -1.55. The van der Waals surface area contributed by atoms with Gasteiger partial charge in [-0.2, -0.15) is 0 Å². The number of ketones is 1. The molecule has 20 heavy (non-hydrogen) atoms. The van der Waals surface area contributed by atoms with Crippen molar-refractivity contribution in [2.75, 3.05) is 7.05 Å². The summed E-state index contributed by atoms with van der Waals surface area (Å²) in [6, 6.07) is 0. The van der Waals surface area contributed by atoms with Gasteiger partial charge in [0.2, 0.25) is 5.91 Å². The highest BCUT2D eigenvalue weighted by Crippen LogP contribution is 2.44. The first-order valence-corrected chi connectivity index (χ1v) is 7.59. The highest BCUT2D eigenvalue weighted by Gasteiger charge is 2.40. The Morgan fingerprint density at radius 1 is 1.50 bits per heavy atom. The number of hydrogen-bond acceptors (Lipinski definition) is 3. The minimum absolute atomic E-state index is 0.0270. The topological polar surface area (TPSA) is 46.2 Å². The van der Waals surface area contributed by atoms with Gasteiger partial charge in [0.05, 0.1) is 5.92 Å². The number of allylic oxidation sites excluding steroid dienone is 4. The van der Waals surface area contributed by atoms with E-state index in [1.807, 2.05) is 37.3 Å². The third kappa shape index (κ3) is 2.80. The molecule has 0 radical (unpaired) electrons. The number of carbonyl (C=O) groups is 2. The third-order valence-electron chi connectivity index (χ3n) is 3.66. The zero-order chi connectivity index (χ0) is 14.7. The fourth-order valence-electron chi connectivity index (χ4n) is 2.55. The minimum Gasteiger partial charge on any atom is -0.359 e. The van der Waals surface area contributed by atoms with Crippen molar-refractivity contribution in [3.8, 4) is 0 Å². The number of fused-ring (bicyclic) bond motifs is 1. The SMILES string of the molecule is C=C1SC2C=CC(C(=O)NC)CC2C(=O)/C1=C/C=C\C. The molecule has 0 spiro atoms. The van der Waals surface area contributed by atoms with Crippen LogP contribution in [-0.2, 0) is 9.59 Å². The molecule has 0 aromatic rings. The van der Waals surface area contributed by atoms with Crippen molar-refractivity contribution >= 4 is 23.5 Å². The maximum absolute atomic E-state index is 12.6. The standard InChI is InChI=1S/C16H19NO2S/c1-4-5-6-12-10(2)20-14-8-7-11(16(19)17-3)9-13(14)15(12)18/h4-8,11,13-14H,2,9H2,1,3H3,(H,17,19)/b5-4-,12-6+. The number of nitrogens with one attached hydrogen (secondary N) is 1. The van der Waals surface area contributed by atoms with Crippen molar-refractivity contribution in [1.82, 2.24) is 5.32 Å². The molecule has 1 saturated heterocycles. The summed E-state index contributed by atoms with van der Waals surface area (Å²) in [5.41, 5.74) is 0.681. The number of Topliss-reactive ketones (excluding diaryl/α,β-unsaturated/α-hetero) is 1. The van der Waals surface area contributed by atoms with Crippen molar-refractivity contribution in [2.45, 2.75) is 18.6 Å². The smallest absolute Gasteiger partial charge is 0.226 e. The summed E-state index contributed by atoms with van der Waals surface area (Å²) in [6.07, 6.45) is 10.0. The molecule has 0 aromatic heterocycles. The van der Waals surface area contributed by atoms with Gasteiger partial charge in [-0.15, -0.1) is 11.8 Å². The zero-order valence-corrected chi connectivity index (χ0v) is 12.6. The summed E-state index contributed by atoms with van der Waals surface area (Å²) in [5.74, 6) is -0.259. The predicted molar refractivity (Wildman–Crippen MR) is 83.2 cm³/mol. The lowest BCUT2D eigenvalue weighted by molar-refractivity contribution is -0.124. The zero-order valence-electron chi connectivity index (χ0n) is 11.8. The molecular weight excluding hydrogens is 270 g/mol. The molecule has 1 fully saturated rings. The molecule has 2 aliphatic rings. The summed E-state index contributed by atoms with van der Waals surface area (Å²) in [6.45, 7) is 5.90. The Morgan fingerprint density at radius 3 is 2.90 bits per heavy atom.